The summed E-state index contributed by atoms with van der Waals surface area (Å²) < 4.78 is 5.34. The van der Waals surface area contributed by atoms with Crippen LogP contribution in [0.5, 0.6) is 0 Å². The van der Waals surface area contributed by atoms with Gasteiger partial charge in [0, 0.05) is 19.4 Å². The lowest BCUT2D eigenvalue weighted by Crippen LogP contribution is -2.55. The van der Waals surface area contributed by atoms with E-state index in [0.29, 0.717) is 6.54 Å². The van der Waals surface area contributed by atoms with Gasteiger partial charge in [0.25, 0.3) is 0 Å². The van der Waals surface area contributed by atoms with E-state index in [0.717, 1.165) is 39.0 Å². The fraction of sp³-hybridized carbons (Fsp3) is 0.900. The van der Waals surface area contributed by atoms with E-state index < -0.39 is 0 Å². The maximum atomic E-state index is 11.7. The third kappa shape index (κ3) is 1.53. The molecule has 4 heteroatoms. The smallest absolute Gasteiger partial charge is 0.238 e. The van der Waals surface area contributed by atoms with Gasteiger partial charge >= 0.3 is 0 Å². The van der Waals surface area contributed by atoms with Crippen molar-refractivity contribution in [2.45, 2.75) is 31.8 Å². The quantitative estimate of drug-likeness (QED) is 0.695. The molecule has 0 saturated carbocycles. The largest absolute Gasteiger partial charge is 0.381 e. The molecule has 14 heavy (non-hydrogen) atoms. The van der Waals surface area contributed by atoms with Gasteiger partial charge in [0.05, 0.1) is 25.4 Å². The number of amides is 1. The van der Waals surface area contributed by atoms with Crippen molar-refractivity contribution in [3.05, 3.63) is 0 Å². The van der Waals surface area contributed by atoms with Gasteiger partial charge in [-0.05, 0) is 6.42 Å². The third-order valence-electron chi connectivity index (χ3n) is 3.15. The summed E-state index contributed by atoms with van der Waals surface area (Å²) in [5, 5.41) is 3.35. The minimum absolute atomic E-state index is 0.0780. The van der Waals surface area contributed by atoms with Crippen LogP contribution in [-0.4, -0.2) is 42.8 Å². The van der Waals surface area contributed by atoms with Crippen LogP contribution in [-0.2, 0) is 9.53 Å². The summed E-state index contributed by atoms with van der Waals surface area (Å²) in [7, 11) is 0. The van der Waals surface area contributed by atoms with Crippen molar-refractivity contribution in [1.29, 1.82) is 0 Å². The third-order valence-corrected chi connectivity index (χ3v) is 3.15. The Hall–Kier alpha value is -0.610. The minimum Gasteiger partial charge on any atom is -0.381 e. The van der Waals surface area contributed by atoms with Crippen molar-refractivity contribution >= 4 is 5.91 Å². The van der Waals surface area contributed by atoms with Crippen LogP contribution >= 0.6 is 0 Å². The Morgan fingerprint density at radius 3 is 2.86 bits per heavy atom. The Kier molecular flexibility index (Phi) is 2.74. The number of ether oxygens (including phenoxy) is 1. The molecule has 2 aliphatic heterocycles. The summed E-state index contributed by atoms with van der Waals surface area (Å²) in [5.74, 6) is 0.244. The van der Waals surface area contributed by atoms with Crippen LogP contribution in [0.2, 0.25) is 0 Å². The standard InChI is InChI=1S/C10H18N2O2/c1-2-5-12-9(13)8-11-10(12)3-6-14-7-4-10/h11H,2-8H2,1H3. The van der Waals surface area contributed by atoms with Crippen LogP contribution in [0.4, 0.5) is 0 Å². The van der Waals surface area contributed by atoms with Crippen LogP contribution in [0.15, 0.2) is 0 Å². The number of nitrogens with one attached hydrogen (secondary N) is 1. The lowest BCUT2D eigenvalue weighted by Gasteiger charge is -2.41. The molecular formula is C10H18N2O2. The van der Waals surface area contributed by atoms with Gasteiger partial charge in [-0.2, -0.15) is 0 Å². The second kappa shape index (κ2) is 3.87. The van der Waals surface area contributed by atoms with Gasteiger partial charge in [-0.25, -0.2) is 0 Å². The molecular weight excluding hydrogens is 180 g/mol. The fourth-order valence-electron chi connectivity index (χ4n) is 2.39. The molecule has 2 fully saturated rings. The van der Waals surface area contributed by atoms with Gasteiger partial charge in [-0.3, -0.25) is 10.1 Å². The molecule has 4 nitrogen and oxygen atoms in total. The first-order chi connectivity index (χ1) is 6.78. The highest BCUT2D eigenvalue weighted by Crippen LogP contribution is 2.28. The SMILES string of the molecule is CCCN1C(=O)CNC12CCOCC2. The number of rotatable bonds is 2. The zero-order chi connectivity index (χ0) is 10.0. The second-order valence-corrected chi connectivity index (χ2v) is 4.04. The molecule has 2 heterocycles. The highest BCUT2D eigenvalue weighted by atomic mass is 16.5. The molecule has 1 spiro atoms. The van der Waals surface area contributed by atoms with Crippen molar-refractivity contribution in [3.63, 3.8) is 0 Å². The Balaban J connectivity index is 2.11. The number of carbonyl (C=O) groups is 1. The first kappa shape index (κ1) is 9.93. The molecule has 0 radical (unpaired) electrons. The molecule has 0 aliphatic carbocycles. The zero-order valence-corrected chi connectivity index (χ0v) is 8.71. The summed E-state index contributed by atoms with van der Waals surface area (Å²) in [6.45, 7) is 5.01. The predicted molar refractivity (Wildman–Crippen MR) is 52.8 cm³/mol. The van der Waals surface area contributed by atoms with E-state index in [4.69, 9.17) is 4.74 Å². The van der Waals surface area contributed by atoms with Gasteiger partial charge in [0.1, 0.15) is 0 Å². The lowest BCUT2D eigenvalue weighted by molar-refractivity contribution is -0.133. The van der Waals surface area contributed by atoms with E-state index >= 15 is 0 Å². The van der Waals surface area contributed by atoms with Crippen molar-refractivity contribution < 1.29 is 9.53 Å². The van der Waals surface area contributed by atoms with Gasteiger partial charge in [0.15, 0.2) is 0 Å². The van der Waals surface area contributed by atoms with Gasteiger partial charge < -0.3 is 9.64 Å². The number of hydrogen-bond donors (Lipinski definition) is 1. The molecule has 0 aromatic heterocycles. The zero-order valence-electron chi connectivity index (χ0n) is 8.71. The van der Waals surface area contributed by atoms with E-state index in [1.807, 2.05) is 4.90 Å². The second-order valence-electron chi connectivity index (χ2n) is 4.04. The van der Waals surface area contributed by atoms with Crippen molar-refractivity contribution in [1.82, 2.24) is 10.2 Å². The highest BCUT2D eigenvalue weighted by molar-refractivity contribution is 5.81. The normalized spacial score (nSPS) is 26.1. The first-order valence-electron chi connectivity index (χ1n) is 5.42. The van der Waals surface area contributed by atoms with Crippen LogP contribution < -0.4 is 5.32 Å². The average molecular weight is 198 g/mol. The summed E-state index contributed by atoms with van der Waals surface area (Å²) >= 11 is 0. The lowest BCUT2D eigenvalue weighted by atomic mass is 9.99. The van der Waals surface area contributed by atoms with Crippen LogP contribution in [0.1, 0.15) is 26.2 Å². The minimum atomic E-state index is -0.0780. The molecule has 2 rings (SSSR count). The van der Waals surface area contributed by atoms with Crippen molar-refractivity contribution in [3.8, 4) is 0 Å². The topological polar surface area (TPSA) is 41.6 Å². The van der Waals surface area contributed by atoms with E-state index in [2.05, 4.69) is 12.2 Å². The molecule has 0 bridgehead atoms. The van der Waals surface area contributed by atoms with Crippen LogP contribution in [0.3, 0.4) is 0 Å². The van der Waals surface area contributed by atoms with Gasteiger partial charge in [-0.1, -0.05) is 6.92 Å². The predicted octanol–water partition coefficient (Wildman–Crippen LogP) is 0.335. The van der Waals surface area contributed by atoms with Gasteiger partial charge in [0.2, 0.25) is 5.91 Å². The number of hydrogen-bond acceptors (Lipinski definition) is 3. The summed E-state index contributed by atoms with van der Waals surface area (Å²) in [6, 6.07) is 0. The van der Waals surface area contributed by atoms with E-state index in [1.54, 1.807) is 0 Å². The van der Waals surface area contributed by atoms with Crippen molar-refractivity contribution in [2.24, 2.45) is 0 Å². The molecule has 0 atom stereocenters. The molecule has 2 saturated heterocycles. The van der Waals surface area contributed by atoms with Crippen LogP contribution in [0, 0.1) is 0 Å². The van der Waals surface area contributed by atoms with E-state index in [9.17, 15) is 4.79 Å². The Morgan fingerprint density at radius 2 is 2.21 bits per heavy atom. The molecule has 1 amide bonds. The molecule has 2 aliphatic rings. The van der Waals surface area contributed by atoms with Gasteiger partial charge in [-0.15, -0.1) is 0 Å². The molecule has 1 N–H and O–H groups in total. The molecule has 0 aromatic carbocycles. The Bertz CT molecular complexity index is 224. The highest BCUT2D eigenvalue weighted by Gasteiger charge is 2.45. The molecule has 0 unspecified atom stereocenters. The van der Waals surface area contributed by atoms with E-state index in [1.165, 1.54) is 0 Å². The Labute approximate surface area is 84.6 Å². The number of nitrogens with zero attached hydrogens (tertiary/aromatic N) is 1. The average Bonchev–Trinajstić information content (AvgIpc) is 2.49. The van der Waals surface area contributed by atoms with Crippen molar-refractivity contribution in [2.75, 3.05) is 26.3 Å². The van der Waals surface area contributed by atoms with E-state index in [-0.39, 0.29) is 11.6 Å². The number of carbonyl (C=O) groups excluding carboxylic acids is 1. The van der Waals surface area contributed by atoms with Crippen LogP contribution in [0.25, 0.3) is 0 Å². The summed E-state index contributed by atoms with van der Waals surface area (Å²) in [5.41, 5.74) is -0.0780. The maximum Gasteiger partial charge on any atom is 0.238 e. The molecule has 80 valence electrons. The fourth-order valence-corrected chi connectivity index (χ4v) is 2.39. The maximum absolute atomic E-state index is 11.7. The summed E-state index contributed by atoms with van der Waals surface area (Å²) in [4.78, 5) is 13.7. The first-order valence-corrected chi connectivity index (χ1v) is 5.42. The monoisotopic (exact) mass is 198 g/mol. The Morgan fingerprint density at radius 1 is 1.50 bits per heavy atom. The molecule has 0 aromatic rings. The summed E-state index contributed by atoms with van der Waals surface area (Å²) in [6.07, 6.45) is 2.88.